The van der Waals surface area contributed by atoms with Crippen molar-refractivity contribution in [1.29, 1.82) is 0 Å². The number of carbonyl (C=O) groups is 1. The quantitative estimate of drug-likeness (QED) is 0.605. The number of aliphatic imine (C=N–C) groups is 1. The van der Waals surface area contributed by atoms with Crippen molar-refractivity contribution in [2.45, 2.75) is 19.3 Å². The molecule has 0 aromatic heterocycles. The first kappa shape index (κ1) is 9.20. The Morgan fingerprint density at radius 3 is 2.58 bits per heavy atom. The van der Waals surface area contributed by atoms with Crippen LogP contribution in [0, 0.1) is 0 Å². The van der Waals surface area contributed by atoms with E-state index in [9.17, 15) is 4.79 Å². The van der Waals surface area contributed by atoms with E-state index in [0.29, 0.717) is 17.2 Å². The largest absolute Gasteiger partial charge is 0.292 e. The number of rotatable bonds is 2. The molecule has 0 fully saturated rings. The second-order valence-corrected chi connectivity index (χ2v) is 3.12. The van der Waals surface area contributed by atoms with E-state index >= 15 is 0 Å². The summed E-state index contributed by atoms with van der Waals surface area (Å²) in [5, 5.41) is 0.408. The fourth-order valence-corrected chi connectivity index (χ4v) is 1.46. The van der Waals surface area contributed by atoms with Crippen LogP contribution in [0.4, 0.5) is 0 Å². The molecule has 0 aromatic carbocycles. The van der Waals surface area contributed by atoms with Gasteiger partial charge >= 0.3 is 0 Å². The summed E-state index contributed by atoms with van der Waals surface area (Å²) in [6.45, 7) is 6.92. The first-order chi connectivity index (χ1) is 5.66. The van der Waals surface area contributed by atoms with Gasteiger partial charge < -0.3 is 0 Å². The third kappa shape index (κ3) is 1.64. The summed E-state index contributed by atoms with van der Waals surface area (Å²) in [7, 11) is 0. The SMILES string of the molecule is C=NC1=C(C(=C)Cl)CCCC1=O. The molecule has 1 aliphatic carbocycles. The summed E-state index contributed by atoms with van der Waals surface area (Å²) < 4.78 is 0. The molecule has 0 radical (unpaired) electrons. The summed E-state index contributed by atoms with van der Waals surface area (Å²) in [5.74, 6) is 0.0213. The van der Waals surface area contributed by atoms with Crippen molar-refractivity contribution in [3.05, 3.63) is 22.9 Å². The molecule has 0 aromatic rings. The molecular formula is C9H10ClNO. The molecule has 0 spiro atoms. The summed E-state index contributed by atoms with van der Waals surface area (Å²) in [4.78, 5) is 14.9. The zero-order valence-corrected chi connectivity index (χ0v) is 7.52. The Morgan fingerprint density at radius 1 is 1.50 bits per heavy atom. The van der Waals surface area contributed by atoms with E-state index in [1.54, 1.807) is 0 Å². The summed E-state index contributed by atoms with van der Waals surface area (Å²) in [6, 6.07) is 0. The molecule has 0 heterocycles. The Kier molecular flexibility index (Phi) is 2.82. The number of hydrogen-bond donors (Lipinski definition) is 0. The number of nitrogens with zero attached hydrogens (tertiary/aromatic N) is 1. The van der Waals surface area contributed by atoms with E-state index in [1.165, 1.54) is 0 Å². The van der Waals surface area contributed by atoms with Crippen LogP contribution in [0.5, 0.6) is 0 Å². The van der Waals surface area contributed by atoms with Crippen LogP contribution in [-0.2, 0) is 4.79 Å². The molecule has 12 heavy (non-hydrogen) atoms. The number of halogens is 1. The van der Waals surface area contributed by atoms with Gasteiger partial charge in [-0.15, -0.1) is 0 Å². The molecule has 0 bridgehead atoms. The molecular weight excluding hydrogens is 174 g/mol. The van der Waals surface area contributed by atoms with Gasteiger partial charge in [-0.2, -0.15) is 0 Å². The van der Waals surface area contributed by atoms with E-state index in [2.05, 4.69) is 18.3 Å². The van der Waals surface area contributed by atoms with Crippen molar-refractivity contribution >= 4 is 24.1 Å². The minimum Gasteiger partial charge on any atom is -0.292 e. The molecule has 3 heteroatoms. The lowest BCUT2D eigenvalue weighted by Gasteiger charge is -2.14. The molecule has 1 aliphatic rings. The van der Waals surface area contributed by atoms with Crippen LogP contribution in [0.3, 0.4) is 0 Å². The van der Waals surface area contributed by atoms with Crippen molar-refractivity contribution in [1.82, 2.24) is 0 Å². The van der Waals surface area contributed by atoms with Gasteiger partial charge in [0.05, 0.1) is 0 Å². The van der Waals surface area contributed by atoms with Crippen LogP contribution in [0.2, 0.25) is 0 Å². The summed E-state index contributed by atoms with van der Waals surface area (Å²) in [6.07, 6.45) is 2.16. The van der Waals surface area contributed by atoms with E-state index in [1.807, 2.05) is 0 Å². The van der Waals surface area contributed by atoms with Crippen LogP contribution < -0.4 is 0 Å². The molecule has 64 valence electrons. The molecule has 2 nitrogen and oxygen atoms in total. The Morgan fingerprint density at radius 2 is 2.17 bits per heavy atom. The number of carbonyl (C=O) groups excluding carboxylic acids is 1. The predicted octanol–water partition coefficient (Wildman–Crippen LogP) is 2.45. The van der Waals surface area contributed by atoms with E-state index in [0.717, 1.165) is 18.4 Å². The van der Waals surface area contributed by atoms with Gasteiger partial charge in [0.2, 0.25) is 0 Å². The van der Waals surface area contributed by atoms with Crippen LogP contribution in [0.1, 0.15) is 19.3 Å². The highest BCUT2D eigenvalue weighted by molar-refractivity contribution is 6.32. The van der Waals surface area contributed by atoms with Gasteiger partial charge in [-0.25, -0.2) is 0 Å². The Hall–Kier alpha value is -0.890. The smallest absolute Gasteiger partial charge is 0.181 e. The lowest BCUT2D eigenvalue weighted by atomic mass is 9.95. The normalized spacial score (nSPS) is 17.9. The predicted molar refractivity (Wildman–Crippen MR) is 50.4 cm³/mol. The highest BCUT2D eigenvalue weighted by Crippen LogP contribution is 2.29. The van der Waals surface area contributed by atoms with E-state index in [-0.39, 0.29) is 5.78 Å². The van der Waals surface area contributed by atoms with E-state index in [4.69, 9.17) is 11.6 Å². The van der Waals surface area contributed by atoms with Crippen molar-refractivity contribution in [2.24, 2.45) is 4.99 Å². The van der Waals surface area contributed by atoms with Crippen LogP contribution in [-0.4, -0.2) is 12.5 Å². The summed E-state index contributed by atoms with van der Waals surface area (Å²) in [5.41, 5.74) is 1.16. The molecule has 0 saturated heterocycles. The maximum Gasteiger partial charge on any atom is 0.181 e. The second-order valence-electron chi connectivity index (χ2n) is 2.67. The molecule has 0 saturated carbocycles. The van der Waals surface area contributed by atoms with Gasteiger partial charge in [0.25, 0.3) is 0 Å². The average Bonchev–Trinajstić information content (AvgIpc) is 2.03. The second kappa shape index (κ2) is 3.68. The Labute approximate surface area is 76.6 Å². The Balaban J connectivity index is 3.10. The zero-order chi connectivity index (χ0) is 9.14. The summed E-state index contributed by atoms with van der Waals surface area (Å²) >= 11 is 5.70. The third-order valence-electron chi connectivity index (χ3n) is 1.87. The first-order valence-corrected chi connectivity index (χ1v) is 4.12. The van der Waals surface area contributed by atoms with Crippen LogP contribution in [0.25, 0.3) is 0 Å². The zero-order valence-electron chi connectivity index (χ0n) is 6.77. The molecule has 0 N–H and O–H groups in total. The van der Waals surface area contributed by atoms with Gasteiger partial charge in [-0.1, -0.05) is 18.2 Å². The maximum absolute atomic E-state index is 11.2. The van der Waals surface area contributed by atoms with Gasteiger partial charge in [-0.3, -0.25) is 9.79 Å². The fraction of sp³-hybridized carbons (Fsp3) is 0.333. The van der Waals surface area contributed by atoms with Crippen molar-refractivity contribution in [3.8, 4) is 0 Å². The van der Waals surface area contributed by atoms with E-state index < -0.39 is 0 Å². The minimum atomic E-state index is 0.0213. The standard InChI is InChI=1S/C9H10ClNO/c1-6(10)7-4-3-5-8(12)9(7)11-2/h1-5H2. The highest BCUT2D eigenvalue weighted by atomic mass is 35.5. The number of allylic oxidation sites excluding steroid dienone is 3. The molecule has 1 rings (SSSR count). The maximum atomic E-state index is 11.2. The number of hydrogen-bond acceptors (Lipinski definition) is 2. The third-order valence-corrected chi connectivity index (χ3v) is 2.09. The van der Waals surface area contributed by atoms with Crippen molar-refractivity contribution < 1.29 is 4.79 Å². The van der Waals surface area contributed by atoms with Gasteiger partial charge in [0, 0.05) is 11.5 Å². The monoisotopic (exact) mass is 183 g/mol. The molecule has 0 unspecified atom stereocenters. The van der Waals surface area contributed by atoms with Crippen molar-refractivity contribution in [3.63, 3.8) is 0 Å². The average molecular weight is 184 g/mol. The van der Waals surface area contributed by atoms with Gasteiger partial charge in [0.1, 0.15) is 5.70 Å². The number of Topliss-reactive ketones (excluding diaryl/α,β-unsaturated/α-hetero) is 1. The lowest BCUT2D eigenvalue weighted by molar-refractivity contribution is -0.116. The van der Waals surface area contributed by atoms with Gasteiger partial charge in [-0.05, 0) is 25.1 Å². The molecule has 0 amide bonds. The molecule has 0 aliphatic heterocycles. The van der Waals surface area contributed by atoms with Crippen LogP contribution in [0.15, 0.2) is 27.9 Å². The number of ketones is 1. The lowest BCUT2D eigenvalue weighted by Crippen LogP contribution is -2.09. The fourth-order valence-electron chi connectivity index (χ4n) is 1.28. The van der Waals surface area contributed by atoms with Gasteiger partial charge in [0.15, 0.2) is 5.78 Å². The first-order valence-electron chi connectivity index (χ1n) is 3.74. The van der Waals surface area contributed by atoms with Crippen LogP contribution >= 0.6 is 11.6 Å². The minimum absolute atomic E-state index is 0.0213. The molecule has 0 atom stereocenters. The van der Waals surface area contributed by atoms with Crippen molar-refractivity contribution in [2.75, 3.05) is 0 Å². The topological polar surface area (TPSA) is 29.4 Å². The highest BCUT2D eigenvalue weighted by Gasteiger charge is 2.20. The Bertz CT molecular complexity index is 278.